The minimum absolute atomic E-state index is 0.0115. The van der Waals surface area contributed by atoms with Gasteiger partial charge in [0.2, 0.25) is 4.77 Å². The van der Waals surface area contributed by atoms with E-state index in [-0.39, 0.29) is 16.9 Å². The highest BCUT2D eigenvalue weighted by Gasteiger charge is 2.53. The SMILES string of the molecule is COc1ccc(Cc2nn([C@@H]3O[C@@H](COC(C)=O)[C@H](OC(C)=O)[C@H](OC(C)=O)[C@@H]3OC(C)=O)c(=S)n(-c3ccc(OC)cc3)c2=O)cc1. The fourth-order valence-electron chi connectivity index (χ4n) is 5.11. The van der Waals surface area contributed by atoms with Crippen LogP contribution in [0.2, 0.25) is 0 Å². The number of benzene rings is 2. The molecular weight excluding hydrogens is 650 g/mol. The molecule has 256 valence electrons. The third-order valence-corrected chi connectivity index (χ3v) is 7.50. The second kappa shape index (κ2) is 15.7. The molecule has 0 spiro atoms. The Balaban J connectivity index is 1.97. The standard InChI is InChI=1S/C32H35N3O12S/c1-17(36)43-16-26-27(44-18(2)37)28(45-19(3)38)29(46-20(4)39)31(47-26)35-32(48)34(22-9-13-24(42-6)14-10-22)30(40)25(33-35)15-21-7-11-23(41-5)12-8-21/h7-14,26-29,31H,15-16H2,1-6H3/t26-,27-,28-,29-,31+/m0/s1. The van der Waals surface area contributed by atoms with Crippen LogP contribution in [0.25, 0.3) is 5.69 Å². The van der Waals surface area contributed by atoms with E-state index in [1.54, 1.807) is 48.5 Å². The number of ether oxygens (including phenoxy) is 7. The van der Waals surface area contributed by atoms with Gasteiger partial charge < -0.3 is 33.2 Å². The summed E-state index contributed by atoms with van der Waals surface area (Å²) in [5, 5.41) is 4.59. The largest absolute Gasteiger partial charge is 0.497 e. The van der Waals surface area contributed by atoms with E-state index in [1.807, 2.05) is 0 Å². The van der Waals surface area contributed by atoms with Gasteiger partial charge in [0.15, 0.2) is 24.5 Å². The summed E-state index contributed by atoms with van der Waals surface area (Å²) in [4.78, 5) is 62.9. The number of carbonyl (C=O) groups is 4. The summed E-state index contributed by atoms with van der Waals surface area (Å²) in [7, 11) is 3.03. The van der Waals surface area contributed by atoms with Crippen LogP contribution >= 0.6 is 12.2 Å². The highest BCUT2D eigenvalue weighted by atomic mass is 32.1. The van der Waals surface area contributed by atoms with Gasteiger partial charge in [0.1, 0.15) is 29.9 Å². The Morgan fingerprint density at radius 3 is 1.81 bits per heavy atom. The highest BCUT2D eigenvalue weighted by molar-refractivity contribution is 7.71. The molecular formula is C32H35N3O12S. The summed E-state index contributed by atoms with van der Waals surface area (Å²) in [5.41, 5.74) is 0.510. The van der Waals surface area contributed by atoms with Gasteiger partial charge in [0.05, 0.1) is 19.9 Å². The van der Waals surface area contributed by atoms with E-state index in [1.165, 1.54) is 25.7 Å². The fraction of sp³-hybridized carbons (Fsp3) is 0.406. The molecule has 0 N–H and O–H groups in total. The summed E-state index contributed by atoms with van der Waals surface area (Å²) in [6.07, 6.45) is -7.12. The van der Waals surface area contributed by atoms with Crippen molar-refractivity contribution in [1.29, 1.82) is 0 Å². The van der Waals surface area contributed by atoms with Crippen molar-refractivity contribution in [3.05, 3.63) is 74.9 Å². The Morgan fingerprint density at radius 2 is 1.29 bits per heavy atom. The van der Waals surface area contributed by atoms with Crippen LogP contribution < -0.4 is 15.0 Å². The zero-order valence-electron chi connectivity index (χ0n) is 27.1. The fourth-order valence-corrected chi connectivity index (χ4v) is 5.44. The molecule has 0 aliphatic carbocycles. The number of carbonyl (C=O) groups excluding carboxylic acids is 4. The first-order valence-electron chi connectivity index (χ1n) is 14.7. The smallest absolute Gasteiger partial charge is 0.303 e. The lowest BCUT2D eigenvalue weighted by atomic mass is 9.97. The molecule has 0 saturated carbocycles. The van der Waals surface area contributed by atoms with Gasteiger partial charge >= 0.3 is 23.9 Å². The van der Waals surface area contributed by atoms with Gasteiger partial charge in [-0.25, -0.2) is 4.68 Å². The van der Waals surface area contributed by atoms with Crippen LogP contribution in [0.4, 0.5) is 0 Å². The predicted octanol–water partition coefficient (Wildman–Crippen LogP) is 2.63. The van der Waals surface area contributed by atoms with E-state index >= 15 is 0 Å². The third kappa shape index (κ3) is 8.43. The van der Waals surface area contributed by atoms with Gasteiger partial charge in [0, 0.05) is 34.1 Å². The Labute approximate surface area is 280 Å². The molecule has 1 fully saturated rings. The number of nitrogens with zero attached hydrogens (tertiary/aromatic N) is 3. The second-order valence-corrected chi connectivity index (χ2v) is 11.0. The van der Waals surface area contributed by atoms with Crippen molar-refractivity contribution in [2.75, 3.05) is 20.8 Å². The summed E-state index contributed by atoms with van der Waals surface area (Å²) in [6.45, 7) is 4.06. The van der Waals surface area contributed by atoms with Crippen LogP contribution in [0, 0.1) is 4.77 Å². The minimum atomic E-state index is -1.51. The Bertz CT molecular complexity index is 1770. The minimum Gasteiger partial charge on any atom is -0.497 e. The van der Waals surface area contributed by atoms with Crippen LogP contribution in [0.3, 0.4) is 0 Å². The van der Waals surface area contributed by atoms with Gasteiger partial charge in [-0.3, -0.25) is 28.5 Å². The van der Waals surface area contributed by atoms with Gasteiger partial charge in [-0.05, 0) is 54.2 Å². The molecule has 0 amide bonds. The number of aromatic nitrogens is 3. The summed E-state index contributed by atoms with van der Waals surface area (Å²) in [5.74, 6) is -1.93. The van der Waals surface area contributed by atoms with Crippen LogP contribution in [-0.4, -0.2) is 83.5 Å². The van der Waals surface area contributed by atoms with E-state index in [4.69, 9.17) is 45.4 Å². The molecule has 0 unspecified atom stereocenters. The summed E-state index contributed by atoms with van der Waals surface area (Å²) < 4.78 is 40.9. The molecule has 2 heterocycles. The molecule has 5 atom stereocenters. The monoisotopic (exact) mass is 685 g/mol. The highest BCUT2D eigenvalue weighted by Crippen LogP contribution is 2.35. The maximum Gasteiger partial charge on any atom is 0.303 e. The number of hydrogen-bond acceptors (Lipinski definition) is 14. The van der Waals surface area contributed by atoms with Crippen LogP contribution in [-0.2, 0) is 49.3 Å². The van der Waals surface area contributed by atoms with Gasteiger partial charge in [-0.2, -0.15) is 5.10 Å². The average molecular weight is 686 g/mol. The average Bonchev–Trinajstić information content (AvgIpc) is 3.03. The number of esters is 4. The number of rotatable bonds is 11. The zero-order valence-corrected chi connectivity index (χ0v) is 27.9. The molecule has 16 heteroatoms. The molecule has 1 aromatic heterocycles. The zero-order chi connectivity index (χ0) is 35.1. The molecule has 15 nitrogen and oxygen atoms in total. The third-order valence-electron chi connectivity index (χ3n) is 7.13. The molecule has 1 aliphatic rings. The van der Waals surface area contributed by atoms with E-state index in [0.717, 1.165) is 25.5 Å². The van der Waals surface area contributed by atoms with E-state index < -0.39 is 66.7 Å². The maximum absolute atomic E-state index is 14.0. The Hall–Kier alpha value is -5.09. The van der Waals surface area contributed by atoms with Crippen LogP contribution in [0.1, 0.15) is 45.2 Å². The number of methoxy groups -OCH3 is 2. The molecule has 1 aliphatic heterocycles. The van der Waals surface area contributed by atoms with Crippen molar-refractivity contribution >= 4 is 36.1 Å². The van der Waals surface area contributed by atoms with Crippen molar-refractivity contribution in [3.63, 3.8) is 0 Å². The quantitative estimate of drug-likeness (QED) is 0.164. The lowest BCUT2D eigenvalue weighted by molar-refractivity contribution is -0.271. The van der Waals surface area contributed by atoms with Gasteiger partial charge in [0.25, 0.3) is 5.56 Å². The first-order valence-corrected chi connectivity index (χ1v) is 15.1. The lowest BCUT2D eigenvalue weighted by Gasteiger charge is -2.44. The summed E-state index contributed by atoms with van der Waals surface area (Å²) >= 11 is 5.81. The van der Waals surface area contributed by atoms with Crippen LogP contribution in [0.5, 0.6) is 11.5 Å². The molecule has 4 rings (SSSR count). The first kappa shape index (κ1) is 35.8. The van der Waals surface area contributed by atoms with Crippen molar-refractivity contribution < 1.29 is 52.3 Å². The van der Waals surface area contributed by atoms with Crippen molar-refractivity contribution in [2.24, 2.45) is 0 Å². The van der Waals surface area contributed by atoms with E-state index in [9.17, 15) is 24.0 Å². The van der Waals surface area contributed by atoms with Gasteiger partial charge in [-0.15, -0.1) is 0 Å². The first-order chi connectivity index (χ1) is 22.8. The van der Waals surface area contributed by atoms with Crippen molar-refractivity contribution in [1.82, 2.24) is 14.3 Å². The molecule has 3 aromatic rings. The number of hydrogen-bond donors (Lipinski definition) is 0. The predicted molar refractivity (Wildman–Crippen MR) is 168 cm³/mol. The maximum atomic E-state index is 14.0. The Kier molecular flexibility index (Phi) is 11.7. The summed E-state index contributed by atoms with van der Waals surface area (Å²) in [6, 6.07) is 13.5. The molecule has 2 aromatic carbocycles. The lowest BCUT2D eigenvalue weighted by Crippen LogP contribution is -2.61. The molecule has 48 heavy (non-hydrogen) atoms. The van der Waals surface area contributed by atoms with Crippen LogP contribution in [0.15, 0.2) is 53.3 Å². The molecule has 0 radical (unpaired) electrons. The Morgan fingerprint density at radius 1 is 0.771 bits per heavy atom. The molecule has 0 bridgehead atoms. The van der Waals surface area contributed by atoms with E-state index in [0.29, 0.717) is 22.7 Å². The van der Waals surface area contributed by atoms with Crippen molar-refractivity contribution in [3.8, 4) is 17.2 Å². The second-order valence-electron chi connectivity index (χ2n) is 10.6. The van der Waals surface area contributed by atoms with E-state index in [2.05, 4.69) is 5.10 Å². The normalized spacial score (nSPS) is 20.2. The van der Waals surface area contributed by atoms with Crippen molar-refractivity contribution in [2.45, 2.75) is 64.8 Å². The molecule has 1 saturated heterocycles. The van der Waals surface area contributed by atoms with Gasteiger partial charge in [-0.1, -0.05) is 12.1 Å². The topological polar surface area (TPSA) is 173 Å².